The number of rotatable bonds is 6. The van der Waals surface area contributed by atoms with E-state index in [0.717, 1.165) is 22.8 Å². The largest absolute Gasteiger partial charge is 0.493 e. The van der Waals surface area contributed by atoms with Gasteiger partial charge in [-0.3, -0.25) is 0 Å². The highest BCUT2D eigenvalue weighted by Crippen LogP contribution is 2.35. The first-order valence-corrected chi connectivity index (χ1v) is 10.3. The van der Waals surface area contributed by atoms with Crippen molar-refractivity contribution in [2.45, 2.75) is 26.2 Å². The lowest BCUT2D eigenvalue weighted by Gasteiger charge is -2.14. The monoisotopic (exact) mass is 446 g/mol. The van der Waals surface area contributed by atoms with E-state index in [0.29, 0.717) is 34.8 Å². The van der Waals surface area contributed by atoms with E-state index in [1.165, 1.54) is 0 Å². The molecule has 0 aliphatic carbocycles. The number of nitrogens with zero attached hydrogens (tertiary/aromatic N) is 5. The van der Waals surface area contributed by atoms with Crippen molar-refractivity contribution in [1.82, 2.24) is 29.9 Å². The summed E-state index contributed by atoms with van der Waals surface area (Å²) in [4.78, 5) is 25.7. The molecule has 0 bridgehead atoms. The van der Waals surface area contributed by atoms with Gasteiger partial charge in [0, 0.05) is 41.3 Å². The Morgan fingerprint density at radius 3 is 2.48 bits per heavy atom. The molecule has 170 valence electrons. The minimum Gasteiger partial charge on any atom is -0.493 e. The second-order valence-corrected chi connectivity index (χ2v) is 8.35. The third-order valence-corrected chi connectivity index (χ3v) is 4.90. The molecule has 0 aliphatic heterocycles. The lowest BCUT2D eigenvalue weighted by Crippen LogP contribution is -2.13. The van der Waals surface area contributed by atoms with Crippen molar-refractivity contribution in [3.63, 3.8) is 0 Å². The zero-order valence-corrected chi connectivity index (χ0v) is 19.2. The number of hydrogen-bond acceptors (Lipinski definition) is 9. The van der Waals surface area contributed by atoms with Gasteiger partial charge in [0.25, 0.3) is 0 Å². The number of aromatic amines is 1. The molecule has 4 N–H and O–H groups in total. The van der Waals surface area contributed by atoms with Crippen LogP contribution >= 0.6 is 0 Å². The summed E-state index contributed by atoms with van der Waals surface area (Å²) in [7, 11) is 3.12. The zero-order valence-electron chi connectivity index (χ0n) is 19.2. The SMILES string of the molecule is COc1cc(Nc2nccc(-c3[nH]c(C(C)(C)C)nc3-c3cnc(N)c(OC)c3)n2)ccn1. The van der Waals surface area contributed by atoms with Gasteiger partial charge < -0.3 is 25.5 Å². The number of nitrogens with one attached hydrogen (secondary N) is 2. The lowest BCUT2D eigenvalue weighted by molar-refractivity contribution is 0.398. The lowest BCUT2D eigenvalue weighted by atomic mass is 9.96. The van der Waals surface area contributed by atoms with E-state index < -0.39 is 0 Å². The molecule has 10 nitrogen and oxygen atoms in total. The average molecular weight is 447 g/mol. The van der Waals surface area contributed by atoms with Crippen LogP contribution in [0.25, 0.3) is 22.6 Å². The van der Waals surface area contributed by atoms with Crippen molar-refractivity contribution in [1.29, 1.82) is 0 Å². The molecule has 0 saturated heterocycles. The molecule has 0 aromatic carbocycles. The van der Waals surface area contributed by atoms with Crippen molar-refractivity contribution in [2.75, 3.05) is 25.3 Å². The summed E-state index contributed by atoms with van der Waals surface area (Å²) in [6, 6.07) is 7.22. The van der Waals surface area contributed by atoms with Gasteiger partial charge in [0.05, 0.1) is 31.3 Å². The number of methoxy groups -OCH3 is 2. The van der Waals surface area contributed by atoms with E-state index in [-0.39, 0.29) is 5.41 Å². The molecule has 4 heterocycles. The molecule has 0 spiro atoms. The Morgan fingerprint density at radius 2 is 1.76 bits per heavy atom. The Kier molecular flexibility index (Phi) is 5.82. The molecule has 0 saturated carbocycles. The van der Waals surface area contributed by atoms with Crippen molar-refractivity contribution in [3.05, 3.63) is 48.7 Å². The number of ether oxygens (including phenoxy) is 2. The van der Waals surface area contributed by atoms with Crippen molar-refractivity contribution < 1.29 is 9.47 Å². The molecule has 4 rings (SSSR count). The van der Waals surface area contributed by atoms with E-state index in [9.17, 15) is 0 Å². The molecule has 10 heteroatoms. The van der Waals surface area contributed by atoms with Crippen LogP contribution in [0.3, 0.4) is 0 Å². The quantitative estimate of drug-likeness (QED) is 0.402. The van der Waals surface area contributed by atoms with Crippen LogP contribution in [0.15, 0.2) is 42.9 Å². The maximum atomic E-state index is 5.91. The van der Waals surface area contributed by atoms with E-state index in [1.54, 1.807) is 38.9 Å². The van der Waals surface area contributed by atoms with Gasteiger partial charge in [-0.15, -0.1) is 0 Å². The van der Waals surface area contributed by atoms with Gasteiger partial charge in [-0.25, -0.2) is 24.9 Å². The van der Waals surface area contributed by atoms with Crippen LogP contribution in [-0.4, -0.2) is 44.1 Å². The Balaban J connectivity index is 1.78. The Morgan fingerprint density at radius 1 is 0.970 bits per heavy atom. The van der Waals surface area contributed by atoms with Crippen LogP contribution in [0.1, 0.15) is 26.6 Å². The standard InChI is InChI=1S/C23H26N8O2/c1-23(2,3)21-30-18(13-10-16(32-4)20(24)27-12-13)19(31-21)15-7-9-26-22(29-15)28-14-6-8-25-17(11-14)33-5/h6-12H,1-5H3,(H2,24,27)(H,30,31)(H,25,26,28,29). The fourth-order valence-corrected chi connectivity index (χ4v) is 3.16. The third kappa shape index (κ3) is 4.69. The van der Waals surface area contributed by atoms with Gasteiger partial charge >= 0.3 is 0 Å². The van der Waals surface area contributed by atoms with Gasteiger partial charge in [-0.2, -0.15) is 0 Å². The molecule has 4 aromatic rings. The number of aromatic nitrogens is 6. The van der Waals surface area contributed by atoms with Gasteiger partial charge in [-0.1, -0.05) is 20.8 Å². The molecular formula is C23H26N8O2. The Labute approximate surface area is 191 Å². The van der Waals surface area contributed by atoms with E-state index in [1.807, 2.05) is 18.2 Å². The summed E-state index contributed by atoms with van der Waals surface area (Å²) < 4.78 is 10.5. The van der Waals surface area contributed by atoms with Crippen LogP contribution in [0.4, 0.5) is 17.5 Å². The van der Waals surface area contributed by atoms with Gasteiger partial charge in [0.15, 0.2) is 11.6 Å². The smallest absolute Gasteiger partial charge is 0.227 e. The highest BCUT2D eigenvalue weighted by atomic mass is 16.5. The topological polar surface area (TPSA) is 137 Å². The maximum absolute atomic E-state index is 5.91. The molecule has 33 heavy (non-hydrogen) atoms. The second kappa shape index (κ2) is 8.73. The molecular weight excluding hydrogens is 420 g/mol. The minimum absolute atomic E-state index is 0.208. The first-order chi connectivity index (χ1) is 15.8. The molecule has 4 aromatic heterocycles. The first-order valence-electron chi connectivity index (χ1n) is 10.3. The van der Waals surface area contributed by atoms with Gasteiger partial charge in [0.1, 0.15) is 5.82 Å². The summed E-state index contributed by atoms with van der Waals surface area (Å²) >= 11 is 0. The van der Waals surface area contributed by atoms with Crippen LogP contribution in [-0.2, 0) is 5.41 Å². The molecule has 0 radical (unpaired) electrons. The number of H-pyrrole nitrogens is 1. The van der Waals surface area contributed by atoms with Gasteiger partial charge in [-0.05, 0) is 18.2 Å². The number of nitrogen functional groups attached to an aromatic ring is 1. The predicted octanol–water partition coefficient (Wildman–Crippen LogP) is 3.96. The number of pyridine rings is 2. The molecule has 0 unspecified atom stereocenters. The van der Waals surface area contributed by atoms with Crippen LogP contribution < -0.4 is 20.5 Å². The Hall–Kier alpha value is -4.21. The number of hydrogen-bond donors (Lipinski definition) is 3. The molecule has 0 amide bonds. The normalized spacial score (nSPS) is 11.3. The van der Waals surface area contributed by atoms with E-state index in [2.05, 4.69) is 46.0 Å². The third-order valence-electron chi connectivity index (χ3n) is 4.90. The number of anilines is 3. The summed E-state index contributed by atoms with van der Waals surface area (Å²) in [5.41, 5.74) is 9.32. The molecule has 0 atom stereocenters. The number of nitrogens with two attached hydrogens (primary N) is 1. The predicted molar refractivity (Wildman–Crippen MR) is 127 cm³/mol. The van der Waals surface area contributed by atoms with E-state index in [4.69, 9.17) is 25.2 Å². The number of imidazole rings is 1. The Bertz CT molecular complexity index is 1280. The maximum Gasteiger partial charge on any atom is 0.227 e. The van der Waals surface area contributed by atoms with Crippen LogP contribution in [0, 0.1) is 0 Å². The van der Waals surface area contributed by atoms with Crippen molar-refractivity contribution in [3.8, 4) is 34.3 Å². The van der Waals surface area contributed by atoms with Gasteiger partial charge in [0.2, 0.25) is 11.8 Å². The summed E-state index contributed by atoms with van der Waals surface area (Å²) in [6.07, 6.45) is 5.01. The highest BCUT2D eigenvalue weighted by molar-refractivity contribution is 5.78. The van der Waals surface area contributed by atoms with Crippen LogP contribution in [0.2, 0.25) is 0 Å². The summed E-state index contributed by atoms with van der Waals surface area (Å²) in [5, 5.41) is 3.19. The molecule has 0 aliphatic rings. The average Bonchev–Trinajstić information content (AvgIpc) is 3.26. The van der Waals surface area contributed by atoms with Crippen LogP contribution in [0.5, 0.6) is 11.6 Å². The second-order valence-electron chi connectivity index (χ2n) is 8.35. The minimum atomic E-state index is -0.208. The molecule has 0 fully saturated rings. The first kappa shape index (κ1) is 22.0. The summed E-state index contributed by atoms with van der Waals surface area (Å²) in [5.74, 6) is 2.53. The highest BCUT2D eigenvalue weighted by Gasteiger charge is 2.24. The fraction of sp³-hybridized carbons (Fsp3) is 0.261. The van der Waals surface area contributed by atoms with Crippen molar-refractivity contribution >= 4 is 17.5 Å². The summed E-state index contributed by atoms with van der Waals surface area (Å²) in [6.45, 7) is 6.26. The zero-order chi connectivity index (χ0) is 23.6. The van der Waals surface area contributed by atoms with E-state index >= 15 is 0 Å². The fourth-order valence-electron chi connectivity index (χ4n) is 3.16. The van der Waals surface area contributed by atoms with Crippen molar-refractivity contribution in [2.24, 2.45) is 0 Å².